The maximum absolute atomic E-state index is 13.2. The number of methoxy groups -OCH3 is 2. The van der Waals surface area contributed by atoms with E-state index in [9.17, 15) is 9.18 Å². The third-order valence-corrected chi connectivity index (χ3v) is 4.66. The van der Waals surface area contributed by atoms with Crippen molar-refractivity contribution in [2.75, 3.05) is 25.3 Å². The van der Waals surface area contributed by atoms with E-state index >= 15 is 0 Å². The van der Waals surface area contributed by atoms with Crippen molar-refractivity contribution < 1.29 is 18.7 Å². The highest BCUT2D eigenvalue weighted by molar-refractivity contribution is 7.99. The lowest BCUT2D eigenvalue weighted by Gasteiger charge is -2.13. The molecule has 0 bridgehead atoms. The van der Waals surface area contributed by atoms with Crippen LogP contribution in [0.4, 0.5) is 10.1 Å². The maximum Gasteiger partial charge on any atom is 0.234 e. The molecule has 0 fully saturated rings. The molecule has 140 valence electrons. The van der Waals surface area contributed by atoms with E-state index in [1.54, 1.807) is 44.8 Å². The number of rotatable bonds is 7. The Labute approximate surface area is 160 Å². The lowest BCUT2D eigenvalue weighted by atomic mass is 10.2. The molecule has 0 aliphatic carbocycles. The number of hydrogen-bond acceptors (Lipinski definition) is 5. The molecule has 0 atom stereocenters. The summed E-state index contributed by atoms with van der Waals surface area (Å²) < 4.78 is 25.7. The van der Waals surface area contributed by atoms with Gasteiger partial charge in [0.05, 0.1) is 25.7 Å². The van der Waals surface area contributed by atoms with E-state index in [1.165, 1.54) is 23.9 Å². The molecule has 27 heavy (non-hydrogen) atoms. The Bertz CT molecular complexity index is 945. The lowest BCUT2D eigenvalue weighted by molar-refractivity contribution is -0.113. The van der Waals surface area contributed by atoms with E-state index < -0.39 is 5.82 Å². The van der Waals surface area contributed by atoms with Gasteiger partial charge >= 0.3 is 0 Å². The summed E-state index contributed by atoms with van der Waals surface area (Å²) in [6, 6.07) is 11.2. The summed E-state index contributed by atoms with van der Waals surface area (Å²) in [6.07, 6.45) is 3.44. The number of imidazole rings is 1. The quantitative estimate of drug-likeness (QED) is 0.626. The fourth-order valence-electron chi connectivity index (χ4n) is 2.46. The molecular weight excluding hydrogens is 369 g/mol. The molecule has 3 aromatic rings. The summed E-state index contributed by atoms with van der Waals surface area (Å²) in [4.78, 5) is 16.4. The van der Waals surface area contributed by atoms with E-state index in [2.05, 4.69) is 10.3 Å². The summed E-state index contributed by atoms with van der Waals surface area (Å²) in [5.74, 6) is 0.786. The van der Waals surface area contributed by atoms with Crippen molar-refractivity contribution in [1.29, 1.82) is 0 Å². The molecule has 2 aromatic carbocycles. The van der Waals surface area contributed by atoms with Crippen LogP contribution in [0.2, 0.25) is 0 Å². The molecule has 8 heteroatoms. The number of nitrogens with one attached hydrogen (secondary N) is 1. The molecule has 1 aromatic heterocycles. The third-order valence-electron chi connectivity index (χ3n) is 3.69. The Morgan fingerprint density at radius 2 is 2.07 bits per heavy atom. The van der Waals surface area contributed by atoms with Crippen molar-refractivity contribution in [1.82, 2.24) is 9.55 Å². The first-order valence-corrected chi connectivity index (χ1v) is 9.03. The lowest BCUT2D eigenvalue weighted by Crippen LogP contribution is -2.14. The SMILES string of the molecule is COc1ccc(-n2ccnc2SCC(=O)Nc2cccc(F)c2)c(OC)c1. The van der Waals surface area contributed by atoms with Crippen LogP contribution in [0.25, 0.3) is 5.69 Å². The molecule has 0 aliphatic rings. The highest BCUT2D eigenvalue weighted by Gasteiger charge is 2.13. The van der Waals surface area contributed by atoms with Crippen LogP contribution in [-0.2, 0) is 4.79 Å². The molecule has 1 amide bonds. The minimum Gasteiger partial charge on any atom is -0.497 e. The molecule has 0 radical (unpaired) electrons. The average Bonchev–Trinajstić information content (AvgIpc) is 3.14. The summed E-state index contributed by atoms with van der Waals surface area (Å²) >= 11 is 1.27. The van der Waals surface area contributed by atoms with Gasteiger partial charge in [-0.1, -0.05) is 17.8 Å². The molecule has 0 saturated heterocycles. The Hall–Kier alpha value is -3.00. The van der Waals surface area contributed by atoms with Crippen LogP contribution in [0.5, 0.6) is 11.5 Å². The van der Waals surface area contributed by atoms with Gasteiger partial charge in [-0.2, -0.15) is 0 Å². The fourth-order valence-corrected chi connectivity index (χ4v) is 3.22. The first-order chi connectivity index (χ1) is 13.1. The van der Waals surface area contributed by atoms with Crippen molar-refractivity contribution in [2.45, 2.75) is 5.16 Å². The normalized spacial score (nSPS) is 10.5. The van der Waals surface area contributed by atoms with Gasteiger partial charge in [0, 0.05) is 24.1 Å². The Morgan fingerprint density at radius 3 is 2.81 bits per heavy atom. The number of amides is 1. The zero-order chi connectivity index (χ0) is 19.2. The fraction of sp³-hybridized carbons (Fsp3) is 0.158. The number of carbonyl (C=O) groups excluding carboxylic acids is 1. The van der Waals surface area contributed by atoms with Crippen molar-refractivity contribution >= 4 is 23.4 Å². The smallest absolute Gasteiger partial charge is 0.234 e. The number of thioether (sulfide) groups is 1. The predicted molar refractivity (Wildman–Crippen MR) is 102 cm³/mol. The average molecular weight is 387 g/mol. The second kappa shape index (κ2) is 8.59. The van der Waals surface area contributed by atoms with E-state index in [0.29, 0.717) is 22.3 Å². The molecule has 0 spiro atoms. The topological polar surface area (TPSA) is 65.4 Å². The molecule has 6 nitrogen and oxygen atoms in total. The van der Waals surface area contributed by atoms with Gasteiger partial charge in [0.15, 0.2) is 5.16 Å². The van der Waals surface area contributed by atoms with Gasteiger partial charge in [0.1, 0.15) is 17.3 Å². The van der Waals surface area contributed by atoms with Crippen molar-refractivity contribution in [3.63, 3.8) is 0 Å². The Balaban J connectivity index is 1.71. The first-order valence-electron chi connectivity index (χ1n) is 8.04. The minimum atomic E-state index is -0.400. The summed E-state index contributed by atoms with van der Waals surface area (Å²) in [5.41, 5.74) is 1.20. The maximum atomic E-state index is 13.2. The zero-order valence-corrected chi connectivity index (χ0v) is 15.6. The minimum absolute atomic E-state index is 0.131. The summed E-state index contributed by atoms with van der Waals surface area (Å²) in [6.45, 7) is 0. The Morgan fingerprint density at radius 1 is 1.22 bits per heavy atom. The number of benzene rings is 2. The van der Waals surface area contributed by atoms with Crippen molar-refractivity contribution in [3.05, 3.63) is 60.7 Å². The number of ether oxygens (including phenoxy) is 2. The van der Waals surface area contributed by atoms with E-state index in [1.807, 2.05) is 16.7 Å². The van der Waals surface area contributed by atoms with Crippen LogP contribution >= 0.6 is 11.8 Å². The number of carbonyl (C=O) groups is 1. The predicted octanol–water partition coefficient (Wildman–Crippen LogP) is 3.76. The molecule has 1 N–H and O–H groups in total. The van der Waals surface area contributed by atoms with Crippen LogP contribution in [0.15, 0.2) is 60.0 Å². The van der Waals surface area contributed by atoms with Gasteiger partial charge in [0.2, 0.25) is 5.91 Å². The monoisotopic (exact) mass is 387 g/mol. The van der Waals surface area contributed by atoms with Crippen LogP contribution in [0, 0.1) is 5.82 Å². The van der Waals surface area contributed by atoms with E-state index in [4.69, 9.17) is 9.47 Å². The summed E-state index contributed by atoms with van der Waals surface area (Å²) in [7, 11) is 3.17. The number of hydrogen-bond donors (Lipinski definition) is 1. The number of aromatic nitrogens is 2. The molecule has 0 unspecified atom stereocenters. The van der Waals surface area contributed by atoms with Crippen LogP contribution in [-0.4, -0.2) is 35.4 Å². The highest BCUT2D eigenvalue weighted by Crippen LogP contribution is 2.30. The second-order valence-electron chi connectivity index (χ2n) is 5.46. The van der Waals surface area contributed by atoms with Gasteiger partial charge in [-0.3, -0.25) is 9.36 Å². The number of halogens is 1. The van der Waals surface area contributed by atoms with Crippen molar-refractivity contribution in [3.8, 4) is 17.2 Å². The molecule has 0 aliphatic heterocycles. The zero-order valence-electron chi connectivity index (χ0n) is 14.8. The number of nitrogens with zero attached hydrogens (tertiary/aromatic N) is 2. The molecule has 1 heterocycles. The Kier molecular flexibility index (Phi) is 5.97. The largest absolute Gasteiger partial charge is 0.497 e. The number of anilines is 1. The van der Waals surface area contributed by atoms with E-state index in [0.717, 1.165) is 5.69 Å². The van der Waals surface area contributed by atoms with Crippen LogP contribution < -0.4 is 14.8 Å². The van der Waals surface area contributed by atoms with Crippen LogP contribution in [0.3, 0.4) is 0 Å². The van der Waals surface area contributed by atoms with Gasteiger partial charge in [0.25, 0.3) is 0 Å². The molecular formula is C19H18FN3O3S. The molecule has 0 saturated carbocycles. The summed E-state index contributed by atoms with van der Waals surface area (Å²) in [5, 5.41) is 3.30. The van der Waals surface area contributed by atoms with Gasteiger partial charge < -0.3 is 14.8 Å². The van der Waals surface area contributed by atoms with Crippen LogP contribution in [0.1, 0.15) is 0 Å². The standard InChI is InChI=1S/C19H18FN3O3S/c1-25-15-6-7-16(17(11-15)26-2)23-9-8-21-19(23)27-12-18(24)22-14-5-3-4-13(20)10-14/h3-11H,12H2,1-2H3,(H,22,24). The second-order valence-corrected chi connectivity index (χ2v) is 6.41. The molecule has 3 rings (SSSR count). The highest BCUT2D eigenvalue weighted by atomic mass is 32.2. The van der Waals surface area contributed by atoms with E-state index in [-0.39, 0.29) is 11.7 Å². The van der Waals surface area contributed by atoms with Gasteiger partial charge in [-0.05, 0) is 30.3 Å². The first kappa shape index (κ1) is 18.8. The van der Waals surface area contributed by atoms with Gasteiger partial charge in [-0.15, -0.1) is 0 Å². The van der Waals surface area contributed by atoms with Crippen molar-refractivity contribution in [2.24, 2.45) is 0 Å². The third kappa shape index (κ3) is 4.59. The van der Waals surface area contributed by atoms with Gasteiger partial charge in [-0.25, -0.2) is 9.37 Å².